The van der Waals surface area contributed by atoms with Crippen LogP contribution in [-0.4, -0.2) is 12.5 Å². The van der Waals surface area contributed by atoms with E-state index in [0.29, 0.717) is 5.92 Å². The van der Waals surface area contributed by atoms with Crippen molar-refractivity contribution in [2.75, 3.05) is 6.54 Å². The molecule has 1 rings (SSSR count). The van der Waals surface area contributed by atoms with Crippen molar-refractivity contribution in [2.24, 2.45) is 5.92 Å². The molecule has 1 N–H and O–H groups in total. The number of rotatable bonds is 4. The largest absolute Gasteiger partial charge is 0.352 e. The normalized spacial score (nSPS) is 10.4. The average Bonchev–Trinajstić information content (AvgIpc) is 2.26. The first-order valence-electron chi connectivity index (χ1n) is 5.06. The second kappa shape index (κ2) is 5.91. The molecule has 0 saturated carbocycles. The maximum absolute atomic E-state index is 11.6. The van der Waals surface area contributed by atoms with E-state index in [9.17, 15) is 4.79 Å². The van der Waals surface area contributed by atoms with E-state index in [1.165, 1.54) is 5.56 Å². The lowest BCUT2D eigenvalue weighted by Gasteiger charge is -2.07. The number of amides is 1. The average molecular weight is 270 g/mol. The minimum atomic E-state index is 0.00447. The summed E-state index contributed by atoms with van der Waals surface area (Å²) < 4.78 is 0. The zero-order chi connectivity index (χ0) is 11.3. The molecule has 0 aromatic heterocycles. The summed E-state index contributed by atoms with van der Waals surface area (Å²) >= 11 is 3.37. The molecule has 1 amide bonds. The number of halogens is 1. The van der Waals surface area contributed by atoms with Gasteiger partial charge in [0, 0.05) is 17.4 Å². The van der Waals surface area contributed by atoms with Gasteiger partial charge in [-0.25, -0.2) is 0 Å². The number of alkyl halides is 1. The van der Waals surface area contributed by atoms with Gasteiger partial charge in [-0.05, 0) is 23.6 Å². The van der Waals surface area contributed by atoms with Crippen molar-refractivity contribution in [3.63, 3.8) is 0 Å². The summed E-state index contributed by atoms with van der Waals surface area (Å²) in [6, 6.07) is 7.62. The Hall–Kier alpha value is -0.830. The Morgan fingerprint density at radius 1 is 1.33 bits per heavy atom. The Balaban J connectivity index is 2.58. The number of hydrogen-bond acceptors (Lipinski definition) is 1. The Morgan fingerprint density at radius 2 is 1.93 bits per heavy atom. The van der Waals surface area contributed by atoms with E-state index in [1.54, 1.807) is 0 Å². The van der Waals surface area contributed by atoms with Crippen LogP contribution < -0.4 is 5.32 Å². The fraction of sp³-hybridized carbons (Fsp3) is 0.417. The highest BCUT2D eigenvalue weighted by molar-refractivity contribution is 9.08. The highest BCUT2D eigenvalue weighted by Crippen LogP contribution is 2.07. The molecule has 15 heavy (non-hydrogen) atoms. The van der Waals surface area contributed by atoms with Crippen molar-refractivity contribution in [1.82, 2.24) is 5.32 Å². The molecule has 0 radical (unpaired) electrons. The summed E-state index contributed by atoms with van der Waals surface area (Å²) in [5.41, 5.74) is 1.90. The molecule has 0 bridgehead atoms. The van der Waals surface area contributed by atoms with E-state index in [2.05, 4.69) is 35.1 Å². The Labute approximate surface area is 99.2 Å². The quantitative estimate of drug-likeness (QED) is 0.837. The van der Waals surface area contributed by atoms with Gasteiger partial charge in [-0.3, -0.25) is 4.79 Å². The molecule has 82 valence electrons. The van der Waals surface area contributed by atoms with E-state index in [0.717, 1.165) is 17.4 Å². The summed E-state index contributed by atoms with van der Waals surface area (Å²) in [5, 5.41) is 3.71. The van der Waals surface area contributed by atoms with E-state index in [1.807, 2.05) is 24.3 Å². The number of carbonyl (C=O) groups is 1. The van der Waals surface area contributed by atoms with Gasteiger partial charge in [-0.2, -0.15) is 0 Å². The third-order valence-electron chi connectivity index (χ3n) is 2.04. The van der Waals surface area contributed by atoms with Gasteiger partial charge in [0.15, 0.2) is 0 Å². The number of benzene rings is 1. The van der Waals surface area contributed by atoms with Crippen molar-refractivity contribution < 1.29 is 4.79 Å². The van der Waals surface area contributed by atoms with Gasteiger partial charge in [-0.1, -0.05) is 41.9 Å². The molecule has 3 heteroatoms. The number of carbonyl (C=O) groups excluding carboxylic acids is 1. The summed E-state index contributed by atoms with van der Waals surface area (Å²) in [7, 11) is 0. The lowest BCUT2D eigenvalue weighted by Crippen LogP contribution is -2.27. The van der Waals surface area contributed by atoms with Crippen LogP contribution in [0.25, 0.3) is 0 Å². The first-order valence-corrected chi connectivity index (χ1v) is 6.18. The van der Waals surface area contributed by atoms with Crippen molar-refractivity contribution in [3.8, 4) is 0 Å². The third-order valence-corrected chi connectivity index (χ3v) is 2.69. The van der Waals surface area contributed by atoms with E-state index >= 15 is 0 Å². The summed E-state index contributed by atoms with van der Waals surface area (Å²) in [6.07, 6.45) is 0. The fourth-order valence-corrected chi connectivity index (χ4v) is 1.52. The van der Waals surface area contributed by atoms with E-state index in [-0.39, 0.29) is 5.91 Å². The van der Waals surface area contributed by atoms with Crippen LogP contribution in [0.5, 0.6) is 0 Å². The molecule has 0 aliphatic heterocycles. The maximum atomic E-state index is 11.6. The SMILES string of the molecule is CC(C)CNC(=O)c1ccc(CBr)cc1. The summed E-state index contributed by atoms with van der Waals surface area (Å²) in [5.74, 6) is 0.487. The first-order chi connectivity index (χ1) is 7.13. The molecule has 0 heterocycles. The lowest BCUT2D eigenvalue weighted by molar-refractivity contribution is 0.0949. The monoisotopic (exact) mass is 269 g/mol. The molecular formula is C12H16BrNO. The van der Waals surface area contributed by atoms with E-state index < -0.39 is 0 Å². The zero-order valence-electron chi connectivity index (χ0n) is 9.09. The van der Waals surface area contributed by atoms with Crippen molar-refractivity contribution >= 4 is 21.8 Å². The van der Waals surface area contributed by atoms with Gasteiger partial charge in [0.1, 0.15) is 0 Å². The molecule has 0 aliphatic carbocycles. The smallest absolute Gasteiger partial charge is 0.251 e. The Morgan fingerprint density at radius 3 is 2.40 bits per heavy atom. The van der Waals surface area contributed by atoms with Crippen LogP contribution in [0.1, 0.15) is 29.8 Å². The molecule has 0 fully saturated rings. The molecular weight excluding hydrogens is 254 g/mol. The van der Waals surface area contributed by atoms with Crippen LogP contribution in [0, 0.1) is 5.92 Å². The molecule has 0 saturated heterocycles. The fourth-order valence-electron chi connectivity index (χ4n) is 1.14. The van der Waals surface area contributed by atoms with Gasteiger partial charge < -0.3 is 5.32 Å². The molecule has 1 aromatic rings. The van der Waals surface area contributed by atoms with Crippen LogP contribution >= 0.6 is 15.9 Å². The van der Waals surface area contributed by atoms with Gasteiger partial charge in [-0.15, -0.1) is 0 Å². The maximum Gasteiger partial charge on any atom is 0.251 e. The van der Waals surface area contributed by atoms with Crippen molar-refractivity contribution in [1.29, 1.82) is 0 Å². The van der Waals surface area contributed by atoms with Gasteiger partial charge in [0.25, 0.3) is 5.91 Å². The van der Waals surface area contributed by atoms with Gasteiger partial charge >= 0.3 is 0 Å². The molecule has 2 nitrogen and oxygen atoms in total. The Kier molecular flexibility index (Phi) is 4.82. The molecule has 0 atom stereocenters. The highest BCUT2D eigenvalue weighted by atomic mass is 79.9. The molecule has 0 spiro atoms. The van der Waals surface area contributed by atoms with Gasteiger partial charge in [0.05, 0.1) is 0 Å². The predicted octanol–water partition coefficient (Wildman–Crippen LogP) is 2.97. The van der Waals surface area contributed by atoms with Crippen LogP contribution in [-0.2, 0) is 5.33 Å². The minimum Gasteiger partial charge on any atom is -0.352 e. The topological polar surface area (TPSA) is 29.1 Å². The first kappa shape index (κ1) is 12.2. The van der Waals surface area contributed by atoms with E-state index in [4.69, 9.17) is 0 Å². The van der Waals surface area contributed by atoms with Crippen molar-refractivity contribution in [2.45, 2.75) is 19.2 Å². The molecule has 0 aliphatic rings. The van der Waals surface area contributed by atoms with Crippen LogP contribution in [0.2, 0.25) is 0 Å². The number of hydrogen-bond donors (Lipinski definition) is 1. The zero-order valence-corrected chi connectivity index (χ0v) is 10.7. The predicted molar refractivity (Wildman–Crippen MR) is 66.2 cm³/mol. The second-order valence-electron chi connectivity index (χ2n) is 3.93. The number of nitrogens with one attached hydrogen (secondary N) is 1. The third kappa shape index (κ3) is 4.04. The van der Waals surface area contributed by atoms with Crippen molar-refractivity contribution in [3.05, 3.63) is 35.4 Å². The van der Waals surface area contributed by atoms with Crippen LogP contribution in [0.15, 0.2) is 24.3 Å². The van der Waals surface area contributed by atoms with Crippen LogP contribution in [0.3, 0.4) is 0 Å². The Bertz CT molecular complexity index is 319. The second-order valence-corrected chi connectivity index (χ2v) is 4.50. The molecule has 1 aromatic carbocycles. The lowest BCUT2D eigenvalue weighted by atomic mass is 10.1. The van der Waals surface area contributed by atoms with Crippen LogP contribution in [0.4, 0.5) is 0 Å². The summed E-state index contributed by atoms with van der Waals surface area (Å²) in [6.45, 7) is 4.88. The summed E-state index contributed by atoms with van der Waals surface area (Å²) in [4.78, 5) is 11.6. The highest BCUT2D eigenvalue weighted by Gasteiger charge is 2.04. The standard InChI is InChI=1S/C12H16BrNO/c1-9(2)8-14-12(15)11-5-3-10(7-13)4-6-11/h3-6,9H,7-8H2,1-2H3,(H,14,15). The van der Waals surface area contributed by atoms with Gasteiger partial charge in [0.2, 0.25) is 0 Å². The minimum absolute atomic E-state index is 0.00447. The molecule has 0 unspecified atom stereocenters.